The van der Waals surface area contributed by atoms with Crippen LogP contribution >= 0.6 is 0 Å². The topological polar surface area (TPSA) is 108 Å². The highest BCUT2D eigenvalue weighted by molar-refractivity contribution is 5.96. The van der Waals surface area contributed by atoms with E-state index in [9.17, 15) is 9.59 Å². The molecule has 3 heterocycles. The number of likely N-dealkylation sites (N-methyl/N-ethyl adjacent to an activating group) is 1. The molecule has 3 aliphatic rings. The summed E-state index contributed by atoms with van der Waals surface area (Å²) in [7, 11) is 1.93. The Labute approximate surface area is 225 Å². The minimum Gasteiger partial charge on any atom is -0.364 e. The highest BCUT2D eigenvalue weighted by Crippen LogP contribution is 2.33. The Bertz CT molecular complexity index is 1150. The van der Waals surface area contributed by atoms with Gasteiger partial charge in [0.25, 0.3) is 5.91 Å². The second kappa shape index (κ2) is 11.5. The predicted molar refractivity (Wildman–Crippen MR) is 150 cm³/mol. The van der Waals surface area contributed by atoms with Gasteiger partial charge in [0.15, 0.2) is 11.5 Å². The van der Waals surface area contributed by atoms with Crippen LogP contribution in [0.2, 0.25) is 0 Å². The number of rotatable bonds is 8. The van der Waals surface area contributed by atoms with Crippen LogP contribution in [0.25, 0.3) is 0 Å². The number of carbonyl (C=O) groups is 2. The normalized spacial score (nSPS) is 21.0. The summed E-state index contributed by atoms with van der Waals surface area (Å²) in [5, 5.41) is 3.26. The van der Waals surface area contributed by atoms with Crippen LogP contribution in [0.4, 0.5) is 17.3 Å². The van der Waals surface area contributed by atoms with E-state index in [0.29, 0.717) is 30.6 Å². The van der Waals surface area contributed by atoms with Crippen LogP contribution in [0.1, 0.15) is 66.9 Å². The number of hydrogen-bond acceptors (Lipinski definition) is 7. The second-order valence-electron chi connectivity index (χ2n) is 10.8. The predicted octanol–water partition coefficient (Wildman–Crippen LogP) is 3.66. The van der Waals surface area contributed by atoms with E-state index < -0.39 is 5.91 Å². The molecule has 2 amide bonds. The maximum atomic E-state index is 12.1. The number of aromatic nitrogens is 2. The highest BCUT2D eigenvalue weighted by Gasteiger charge is 2.30. The number of carbonyl (C=O) groups excluding carboxylic acids is 2. The molecule has 9 nitrogen and oxygen atoms in total. The number of hydrogen-bond donors (Lipinski definition) is 2. The number of nitrogens with one attached hydrogen (secondary N) is 1. The number of nitrogens with zero attached hydrogens (tertiary/aromatic N) is 5. The standard InChI is InChI=1S/C29H39N7O2/c1-3-26(37)36-17-14-24(19-36)34(2)25-18-31-27(28(30)38)29(33-25)32-22-10-8-20(9-11-22)21-12-15-35(16-13-21)23-6-4-5-7-23/h3,8-11,18,21,23-24H,1,4-7,12-17,19H2,2H3,(H2,30,38)(H,32,33). The third kappa shape index (κ3) is 5.67. The minimum atomic E-state index is -0.636. The first-order valence-electron chi connectivity index (χ1n) is 13.8. The lowest BCUT2D eigenvalue weighted by atomic mass is 9.88. The maximum Gasteiger partial charge on any atom is 0.271 e. The number of likely N-dealkylation sites (tertiary alicyclic amines) is 2. The molecule has 2 saturated heterocycles. The number of anilines is 3. The van der Waals surface area contributed by atoms with Gasteiger partial charge in [0, 0.05) is 37.9 Å². The van der Waals surface area contributed by atoms with Crippen molar-refractivity contribution in [2.45, 2.75) is 62.9 Å². The number of nitrogens with two attached hydrogens (primary N) is 1. The van der Waals surface area contributed by atoms with Crippen molar-refractivity contribution in [3.05, 3.63) is 54.4 Å². The minimum absolute atomic E-state index is 0.0683. The fourth-order valence-electron chi connectivity index (χ4n) is 6.23. The van der Waals surface area contributed by atoms with E-state index in [1.54, 1.807) is 11.1 Å². The average molecular weight is 518 g/mol. The SMILES string of the molecule is C=CC(=O)N1CCC(N(C)c2cnc(C(N)=O)c(Nc3ccc(C4CCN(C5CCCC5)CC4)cc3)n2)C1. The number of amides is 2. The molecular formula is C29H39N7O2. The van der Waals surface area contributed by atoms with E-state index >= 15 is 0 Å². The van der Waals surface area contributed by atoms with Gasteiger partial charge in [0.05, 0.1) is 6.20 Å². The van der Waals surface area contributed by atoms with Gasteiger partial charge in [0.1, 0.15) is 5.82 Å². The summed E-state index contributed by atoms with van der Waals surface area (Å²) in [6.45, 7) is 7.21. The summed E-state index contributed by atoms with van der Waals surface area (Å²) in [6.07, 6.45) is 11.6. The molecule has 2 aliphatic heterocycles. The van der Waals surface area contributed by atoms with Gasteiger partial charge in [-0.1, -0.05) is 31.6 Å². The zero-order chi connectivity index (χ0) is 26.6. The van der Waals surface area contributed by atoms with Crippen molar-refractivity contribution >= 4 is 29.1 Å². The van der Waals surface area contributed by atoms with Gasteiger partial charge < -0.3 is 25.8 Å². The third-order valence-electron chi connectivity index (χ3n) is 8.57. The Morgan fingerprint density at radius 1 is 1.08 bits per heavy atom. The second-order valence-corrected chi connectivity index (χ2v) is 10.8. The molecule has 1 atom stereocenters. The van der Waals surface area contributed by atoms with Gasteiger partial charge in [-0.3, -0.25) is 9.59 Å². The molecule has 3 fully saturated rings. The highest BCUT2D eigenvalue weighted by atomic mass is 16.2. The Hall–Kier alpha value is -3.46. The molecule has 2 aromatic rings. The molecule has 202 valence electrons. The summed E-state index contributed by atoms with van der Waals surface area (Å²) < 4.78 is 0. The van der Waals surface area contributed by atoms with Crippen molar-refractivity contribution in [1.29, 1.82) is 0 Å². The Morgan fingerprint density at radius 2 is 1.79 bits per heavy atom. The number of piperidine rings is 1. The molecule has 1 unspecified atom stereocenters. The number of primary amides is 1. The van der Waals surface area contributed by atoms with E-state index in [1.807, 2.05) is 24.1 Å². The summed E-state index contributed by atoms with van der Waals surface area (Å²) in [5.74, 6) is 0.820. The fourth-order valence-corrected chi connectivity index (χ4v) is 6.23. The Kier molecular flexibility index (Phi) is 7.93. The molecule has 1 aromatic heterocycles. The first-order chi connectivity index (χ1) is 18.4. The Balaban J connectivity index is 1.25. The van der Waals surface area contributed by atoms with Gasteiger partial charge >= 0.3 is 0 Å². The molecule has 1 aromatic carbocycles. The maximum absolute atomic E-state index is 12.1. The molecule has 5 rings (SSSR count). The quantitative estimate of drug-likeness (QED) is 0.515. The lowest BCUT2D eigenvalue weighted by Crippen LogP contribution is -2.39. The van der Waals surface area contributed by atoms with Crippen molar-refractivity contribution in [3.63, 3.8) is 0 Å². The lowest BCUT2D eigenvalue weighted by Gasteiger charge is -2.36. The van der Waals surface area contributed by atoms with E-state index in [0.717, 1.165) is 18.2 Å². The molecule has 3 N–H and O–H groups in total. The molecule has 0 bridgehead atoms. The van der Waals surface area contributed by atoms with Crippen LogP contribution in [-0.2, 0) is 4.79 Å². The van der Waals surface area contributed by atoms with Gasteiger partial charge in [0.2, 0.25) is 5.91 Å². The van der Waals surface area contributed by atoms with Crippen LogP contribution in [-0.4, -0.2) is 76.9 Å². The fraction of sp³-hybridized carbons (Fsp3) is 0.517. The van der Waals surface area contributed by atoms with Gasteiger partial charge in [-0.25, -0.2) is 9.97 Å². The van der Waals surface area contributed by atoms with Crippen molar-refractivity contribution in [2.24, 2.45) is 5.73 Å². The first kappa shape index (κ1) is 26.2. The van der Waals surface area contributed by atoms with Gasteiger partial charge in [-0.15, -0.1) is 0 Å². The summed E-state index contributed by atoms with van der Waals surface area (Å²) in [4.78, 5) is 39.6. The third-order valence-corrected chi connectivity index (χ3v) is 8.57. The number of benzene rings is 1. The monoisotopic (exact) mass is 517 g/mol. The van der Waals surface area contributed by atoms with Crippen molar-refractivity contribution in [1.82, 2.24) is 19.8 Å². The molecule has 1 saturated carbocycles. The molecule has 0 spiro atoms. The zero-order valence-electron chi connectivity index (χ0n) is 22.3. The van der Waals surface area contributed by atoms with Crippen LogP contribution in [0.15, 0.2) is 43.1 Å². The van der Waals surface area contributed by atoms with E-state index in [2.05, 4.69) is 33.9 Å². The van der Waals surface area contributed by atoms with Crippen molar-refractivity contribution in [3.8, 4) is 0 Å². The molecule has 38 heavy (non-hydrogen) atoms. The zero-order valence-corrected chi connectivity index (χ0v) is 22.3. The summed E-state index contributed by atoms with van der Waals surface area (Å²) in [5.41, 5.74) is 7.89. The largest absolute Gasteiger partial charge is 0.364 e. The van der Waals surface area contributed by atoms with Gasteiger partial charge in [-0.2, -0.15) is 0 Å². The van der Waals surface area contributed by atoms with Crippen LogP contribution in [0.3, 0.4) is 0 Å². The van der Waals surface area contributed by atoms with Crippen LogP contribution in [0, 0.1) is 0 Å². The smallest absolute Gasteiger partial charge is 0.271 e. The molecule has 0 radical (unpaired) electrons. The molecule has 9 heteroatoms. The van der Waals surface area contributed by atoms with E-state index in [-0.39, 0.29) is 17.6 Å². The van der Waals surface area contributed by atoms with Crippen molar-refractivity contribution in [2.75, 3.05) is 43.4 Å². The van der Waals surface area contributed by atoms with Crippen LogP contribution in [0.5, 0.6) is 0 Å². The van der Waals surface area contributed by atoms with Crippen molar-refractivity contribution < 1.29 is 9.59 Å². The average Bonchev–Trinajstić information content (AvgIpc) is 3.66. The van der Waals surface area contributed by atoms with Crippen LogP contribution < -0.4 is 16.0 Å². The Morgan fingerprint density at radius 3 is 2.45 bits per heavy atom. The lowest BCUT2D eigenvalue weighted by molar-refractivity contribution is -0.125. The summed E-state index contributed by atoms with van der Waals surface area (Å²) in [6, 6.07) is 9.33. The summed E-state index contributed by atoms with van der Waals surface area (Å²) >= 11 is 0. The molecular weight excluding hydrogens is 478 g/mol. The van der Waals surface area contributed by atoms with E-state index in [4.69, 9.17) is 10.7 Å². The van der Waals surface area contributed by atoms with Gasteiger partial charge in [-0.05, 0) is 74.9 Å². The van der Waals surface area contributed by atoms with E-state index in [1.165, 1.54) is 63.3 Å². The first-order valence-corrected chi connectivity index (χ1v) is 13.8. The molecule has 1 aliphatic carbocycles.